The van der Waals surface area contributed by atoms with Gasteiger partial charge in [0.25, 0.3) is 0 Å². The number of amides is 1. The second-order valence-electron chi connectivity index (χ2n) is 9.81. The molecule has 1 fully saturated rings. The fraction of sp³-hybridized carbons (Fsp3) is 0.519. The minimum atomic E-state index is -0.527. The summed E-state index contributed by atoms with van der Waals surface area (Å²) in [5, 5.41) is 8.68. The Bertz CT molecular complexity index is 997. The summed E-state index contributed by atoms with van der Waals surface area (Å²) in [7, 11) is 0. The van der Waals surface area contributed by atoms with Crippen molar-refractivity contribution in [3.8, 4) is 0 Å². The minimum Gasteiger partial charge on any atom is -0.444 e. The number of nitrogens with zero attached hydrogens (tertiary/aromatic N) is 5. The molecule has 8 heteroatoms. The molecule has 3 rings (SSSR count). The van der Waals surface area contributed by atoms with Crippen molar-refractivity contribution in [1.82, 2.24) is 24.6 Å². The Balaban J connectivity index is 1.80. The van der Waals surface area contributed by atoms with Gasteiger partial charge in [-0.3, -0.25) is 4.90 Å². The molecular weight excluding hydrogens is 445 g/mol. The van der Waals surface area contributed by atoms with E-state index in [0.717, 1.165) is 24.4 Å². The normalized spacial score (nSPS) is 16.9. The zero-order valence-electron chi connectivity index (χ0n) is 21.4. The molecule has 1 saturated heterocycles. The Labute approximate surface area is 208 Å². The molecule has 0 spiro atoms. The molecule has 2 aromatic rings. The summed E-state index contributed by atoms with van der Waals surface area (Å²) in [5.41, 5.74) is 0.632. The smallest absolute Gasteiger partial charge is 0.410 e. The average Bonchev–Trinajstić information content (AvgIpc) is 3.10. The number of ether oxygens (including phenoxy) is 1. The molecule has 0 radical (unpaired) electrons. The van der Waals surface area contributed by atoms with Crippen LogP contribution in [-0.4, -0.2) is 62.4 Å². The maximum Gasteiger partial charge on any atom is 0.410 e. The number of hydrogen-bond acceptors (Lipinski definition) is 5. The summed E-state index contributed by atoms with van der Waals surface area (Å²) in [6.07, 6.45) is 8.48. The van der Waals surface area contributed by atoms with Crippen LogP contribution in [0, 0.1) is 0 Å². The summed E-state index contributed by atoms with van der Waals surface area (Å²) in [6, 6.07) is 10.1. The Hall–Kier alpha value is -3.00. The van der Waals surface area contributed by atoms with Crippen molar-refractivity contribution in [1.29, 1.82) is 0 Å². The Morgan fingerprint density at radius 3 is 2.66 bits per heavy atom. The van der Waals surface area contributed by atoms with Crippen LogP contribution in [0.4, 0.5) is 9.18 Å². The fourth-order valence-corrected chi connectivity index (χ4v) is 4.17. The highest BCUT2D eigenvalue weighted by molar-refractivity contribution is 5.68. The van der Waals surface area contributed by atoms with Gasteiger partial charge in [-0.15, -0.1) is 10.2 Å². The van der Waals surface area contributed by atoms with E-state index >= 15 is 0 Å². The Morgan fingerprint density at radius 1 is 1.17 bits per heavy atom. The van der Waals surface area contributed by atoms with Crippen molar-refractivity contribution >= 4 is 6.09 Å². The van der Waals surface area contributed by atoms with Crippen LogP contribution < -0.4 is 0 Å². The van der Waals surface area contributed by atoms with Gasteiger partial charge >= 0.3 is 6.09 Å². The molecule has 1 unspecified atom stereocenters. The first-order chi connectivity index (χ1) is 16.8. The molecule has 35 heavy (non-hydrogen) atoms. The number of aromatic nitrogens is 3. The maximum absolute atomic E-state index is 14.0. The van der Waals surface area contributed by atoms with Crippen LogP contribution in [0.5, 0.6) is 0 Å². The van der Waals surface area contributed by atoms with Crippen LogP contribution in [0.2, 0.25) is 0 Å². The number of carbonyl (C=O) groups is 1. The number of halogens is 1. The molecule has 1 aliphatic rings. The summed E-state index contributed by atoms with van der Waals surface area (Å²) in [5.74, 6) is 0.605. The highest BCUT2D eigenvalue weighted by Crippen LogP contribution is 2.26. The van der Waals surface area contributed by atoms with Crippen molar-refractivity contribution < 1.29 is 13.9 Å². The molecule has 1 aromatic heterocycles. The van der Waals surface area contributed by atoms with E-state index in [1.807, 2.05) is 52.0 Å². The van der Waals surface area contributed by atoms with E-state index in [1.165, 1.54) is 6.08 Å². The van der Waals surface area contributed by atoms with Crippen molar-refractivity contribution in [2.24, 2.45) is 0 Å². The third-order valence-corrected chi connectivity index (χ3v) is 5.80. The Morgan fingerprint density at radius 2 is 1.94 bits per heavy atom. The van der Waals surface area contributed by atoms with Gasteiger partial charge in [-0.1, -0.05) is 43.3 Å². The van der Waals surface area contributed by atoms with E-state index in [9.17, 15) is 9.18 Å². The van der Waals surface area contributed by atoms with Gasteiger partial charge in [0.05, 0.1) is 12.6 Å². The number of hydrogen-bond donors (Lipinski definition) is 0. The number of allylic oxidation sites excluding steroid dienone is 3. The van der Waals surface area contributed by atoms with E-state index < -0.39 is 5.60 Å². The van der Waals surface area contributed by atoms with Crippen LogP contribution in [0.3, 0.4) is 0 Å². The van der Waals surface area contributed by atoms with Gasteiger partial charge in [-0.25, -0.2) is 9.18 Å². The first-order valence-electron chi connectivity index (χ1n) is 12.4. The molecule has 0 bridgehead atoms. The monoisotopic (exact) mass is 483 g/mol. The molecule has 0 aliphatic carbocycles. The lowest BCUT2D eigenvalue weighted by Crippen LogP contribution is -2.39. The standard InChI is InChI=1S/C27H38FN5O2/c1-5-11-23(28)14-9-15-24(25-30-29-21-33(25)20-22-12-7-6-8-13-22)31-16-10-17-32(19-18-31)26(34)35-27(2,3)4/h6-9,11-14,21,24H,5,10,15-20H2,1-4H3/b14-9-,23-11+. The van der Waals surface area contributed by atoms with Gasteiger partial charge in [0.15, 0.2) is 5.82 Å². The largest absolute Gasteiger partial charge is 0.444 e. The fourth-order valence-electron chi connectivity index (χ4n) is 4.17. The second-order valence-corrected chi connectivity index (χ2v) is 9.81. The predicted octanol–water partition coefficient (Wildman–Crippen LogP) is 5.52. The van der Waals surface area contributed by atoms with Crippen molar-refractivity contribution in [2.45, 2.75) is 65.1 Å². The molecule has 190 valence electrons. The lowest BCUT2D eigenvalue weighted by Gasteiger charge is -2.30. The van der Waals surface area contributed by atoms with E-state index in [2.05, 4.69) is 31.8 Å². The van der Waals surface area contributed by atoms with Crippen LogP contribution in [0.1, 0.15) is 64.4 Å². The molecule has 1 amide bonds. The van der Waals surface area contributed by atoms with Gasteiger partial charge in [0, 0.05) is 26.2 Å². The zero-order valence-corrected chi connectivity index (χ0v) is 21.4. The minimum absolute atomic E-state index is 0.0922. The lowest BCUT2D eigenvalue weighted by molar-refractivity contribution is 0.0255. The molecule has 1 atom stereocenters. The van der Waals surface area contributed by atoms with E-state index in [1.54, 1.807) is 17.3 Å². The lowest BCUT2D eigenvalue weighted by atomic mass is 10.1. The number of benzene rings is 1. The highest BCUT2D eigenvalue weighted by Gasteiger charge is 2.29. The van der Waals surface area contributed by atoms with E-state index in [4.69, 9.17) is 4.74 Å². The number of carbonyl (C=O) groups excluding carboxylic acids is 1. The van der Waals surface area contributed by atoms with Crippen LogP contribution in [-0.2, 0) is 11.3 Å². The molecule has 0 saturated carbocycles. The Kier molecular flexibility index (Phi) is 9.60. The molecule has 7 nitrogen and oxygen atoms in total. The van der Waals surface area contributed by atoms with Crippen LogP contribution >= 0.6 is 0 Å². The van der Waals surface area contributed by atoms with Gasteiger partial charge in [-0.05, 0) is 57.7 Å². The summed E-state index contributed by atoms with van der Waals surface area (Å²) in [6.45, 7) is 10.9. The van der Waals surface area contributed by atoms with Crippen molar-refractivity contribution in [2.75, 3.05) is 26.2 Å². The first kappa shape index (κ1) is 26.6. The maximum atomic E-state index is 14.0. The zero-order chi connectivity index (χ0) is 25.3. The van der Waals surface area contributed by atoms with Gasteiger partial charge in [-0.2, -0.15) is 0 Å². The van der Waals surface area contributed by atoms with E-state index in [0.29, 0.717) is 39.0 Å². The van der Waals surface area contributed by atoms with Crippen molar-refractivity contribution in [3.05, 3.63) is 72.1 Å². The molecule has 2 heterocycles. The molecule has 1 aliphatic heterocycles. The van der Waals surface area contributed by atoms with Gasteiger partial charge in [0.2, 0.25) is 0 Å². The summed E-state index contributed by atoms with van der Waals surface area (Å²) in [4.78, 5) is 16.7. The molecule has 1 aromatic carbocycles. The first-order valence-corrected chi connectivity index (χ1v) is 12.4. The topological polar surface area (TPSA) is 63.5 Å². The third-order valence-electron chi connectivity index (χ3n) is 5.80. The SMILES string of the molecule is CC/C=C(F)\C=C/CC(c1nncn1Cc1ccccc1)N1CCCN(C(=O)OC(C)(C)C)CC1. The van der Waals surface area contributed by atoms with Crippen molar-refractivity contribution in [3.63, 3.8) is 0 Å². The quantitative estimate of drug-likeness (QED) is 0.463. The molecule has 0 N–H and O–H groups in total. The van der Waals surface area contributed by atoms with Crippen LogP contribution in [0.25, 0.3) is 0 Å². The average molecular weight is 484 g/mol. The molecular formula is C27H38FN5O2. The summed E-state index contributed by atoms with van der Waals surface area (Å²) >= 11 is 0. The van der Waals surface area contributed by atoms with Gasteiger partial charge in [0.1, 0.15) is 17.8 Å². The second kappa shape index (κ2) is 12.6. The summed E-state index contributed by atoms with van der Waals surface area (Å²) < 4.78 is 21.7. The van der Waals surface area contributed by atoms with Gasteiger partial charge < -0.3 is 14.2 Å². The highest BCUT2D eigenvalue weighted by atomic mass is 19.1. The predicted molar refractivity (Wildman–Crippen MR) is 136 cm³/mol. The third kappa shape index (κ3) is 8.31. The number of rotatable bonds is 8. The van der Waals surface area contributed by atoms with Crippen LogP contribution in [0.15, 0.2) is 60.7 Å². The van der Waals surface area contributed by atoms with E-state index in [-0.39, 0.29) is 18.0 Å².